The molecule has 1 unspecified atom stereocenters. The van der Waals surface area contributed by atoms with E-state index in [1.807, 2.05) is 6.92 Å². The van der Waals surface area contributed by atoms with Gasteiger partial charge in [0, 0.05) is 12.6 Å². The van der Waals surface area contributed by atoms with Crippen LogP contribution in [0.15, 0.2) is 23.1 Å². The first-order valence-corrected chi connectivity index (χ1v) is 7.50. The van der Waals surface area contributed by atoms with E-state index in [1.54, 1.807) is 0 Å². The Morgan fingerprint density at radius 3 is 2.63 bits per heavy atom. The monoisotopic (exact) mass is 292 g/mol. The van der Waals surface area contributed by atoms with Crippen molar-refractivity contribution in [3.05, 3.63) is 29.8 Å². The summed E-state index contributed by atoms with van der Waals surface area (Å²) in [7, 11) is -3.94. The van der Waals surface area contributed by atoms with Gasteiger partial charge in [-0.2, -0.15) is 0 Å². The van der Waals surface area contributed by atoms with Crippen molar-refractivity contribution < 1.29 is 17.2 Å². The van der Waals surface area contributed by atoms with E-state index in [4.69, 9.17) is 5.73 Å². The van der Waals surface area contributed by atoms with Crippen LogP contribution in [0.3, 0.4) is 0 Å². The number of halogens is 2. The van der Waals surface area contributed by atoms with Gasteiger partial charge in [0.15, 0.2) is 0 Å². The third kappa shape index (κ3) is 4.85. The van der Waals surface area contributed by atoms with Crippen LogP contribution in [-0.2, 0) is 10.0 Å². The van der Waals surface area contributed by atoms with Crippen LogP contribution >= 0.6 is 0 Å². The number of rotatable bonds is 7. The van der Waals surface area contributed by atoms with Crippen molar-refractivity contribution in [1.29, 1.82) is 0 Å². The van der Waals surface area contributed by atoms with Crippen LogP contribution in [0.4, 0.5) is 8.78 Å². The van der Waals surface area contributed by atoms with Crippen LogP contribution in [0.2, 0.25) is 0 Å². The lowest BCUT2D eigenvalue weighted by molar-refractivity contribution is 0.510. The minimum Gasteiger partial charge on any atom is -0.330 e. The molecule has 1 rings (SSSR count). The normalized spacial score (nSPS) is 13.5. The molecule has 0 aliphatic carbocycles. The highest BCUT2D eigenvalue weighted by Crippen LogP contribution is 2.15. The Kier molecular flexibility index (Phi) is 5.84. The topological polar surface area (TPSA) is 72.2 Å². The van der Waals surface area contributed by atoms with Crippen molar-refractivity contribution in [1.82, 2.24) is 4.72 Å². The molecule has 3 N–H and O–H groups in total. The molecular weight excluding hydrogens is 274 g/mol. The first-order chi connectivity index (χ1) is 8.86. The molecule has 1 atom stereocenters. The molecule has 1 aromatic carbocycles. The average Bonchev–Trinajstić information content (AvgIpc) is 2.33. The zero-order valence-electron chi connectivity index (χ0n) is 10.7. The van der Waals surface area contributed by atoms with Gasteiger partial charge in [-0.3, -0.25) is 0 Å². The summed E-state index contributed by atoms with van der Waals surface area (Å²) < 4.78 is 51.9. The molecule has 0 spiro atoms. The van der Waals surface area contributed by atoms with Crippen molar-refractivity contribution in [2.24, 2.45) is 11.7 Å². The Morgan fingerprint density at radius 2 is 2.05 bits per heavy atom. The second kappa shape index (κ2) is 6.93. The summed E-state index contributed by atoms with van der Waals surface area (Å²) in [6.45, 7) is 2.71. The number of sulfonamides is 1. The molecule has 7 heteroatoms. The fraction of sp³-hybridized carbons (Fsp3) is 0.500. The minimum absolute atomic E-state index is 0.198. The maximum absolute atomic E-state index is 13.4. The summed E-state index contributed by atoms with van der Waals surface area (Å²) >= 11 is 0. The number of benzene rings is 1. The fourth-order valence-corrected chi connectivity index (χ4v) is 2.68. The van der Waals surface area contributed by atoms with Crippen LogP contribution in [0.5, 0.6) is 0 Å². The first-order valence-electron chi connectivity index (χ1n) is 6.01. The molecule has 0 amide bonds. The molecular formula is C12H18F2N2O2S. The Labute approximate surface area is 112 Å². The fourth-order valence-electron chi connectivity index (χ4n) is 1.55. The summed E-state index contributed by atoms with van der Waals surface area (Å²) in [6.07, 6.45) is 1.39. The second-order valence-electron chi connectivity index (χ2n) is 4.46. The molecule has 0 saturated heterocycles. The molecule has 0 bridgehead atoms. The van der Waals surface area contributed by atoms with E-state index < -0.39 is 26.6 Å². The third-order valence-electron chi connectivity index (χ3n) is 2.75. The Morgan fingerprint density at radius 1 is 1.37 bits per heavy atom. The number of nitrogens with one attached hydrogen (secondary N) is 1. The zero-order valence-corrected chi connectivity index (χ0v) is 11.5. The highest BCUT2D eigenvalue weighted by atomic mass is 32.2. The van der Waals surface area contributed by atoms with E-state index in [-0.39, 0.29) is 6.54 Å². The third-order valence-corrected chi connectivity index (χ3v) is 4.25. The van der Waals surface area contributed by atoms with E-state index in [2.05, 4.69) is 4.72 Å². The molecule has 0 heterocycles. The maximum atomic E-state index is 13.4. The molecule has 0 aliphatic rings. The van der Waals surface area contributed by atoms with Crippen LogP contribution in [-0.4, -0.2) is 21.5 Å². The smallest absolute Gasteiger partial charge is 0.243 e. The highest BCUT2D eigenvalue weighted by molar-refractivity contribution is 7.89. The highest BCUT2D eigenvalue weighted by Gasteiger charge is 2.18. The maximum Gasteiger partial charge on any atom is 0.243 e. The second-order valence-corrected chi connectivity index (χ2v) is 6.19. The van der Waals surface area contributed by atoms with Crippen LogP contribution in [0, 0.1) is 17.6 Å². The first kappa shape index (κ1) is 16.0. The van der Waals surface area contributed by atoms with Gasteiger partial charge in [0.2, 0.25) is 10.0 Å². The van der Waals surface area contributed by atoms with Gasteiger partial charge >= 0.3 is 0 Å². The Hall–Kier alpha value is -1.05. The zero-order chi connectivity index (χ0) is 14.5. The van der Waals surface area contributed by atoms with E-state index in [1.165, 1.54) is 0 Å². The molecule has 19 heavy (non-hydrogen) atoms. The van der Waals surface area contributed by atoms with Gasteiger partial charge in [-0.05, 0) is 37.4 Å². The van der Waals surface area contributed by atoms with Gasteiger partial charge in [-0.15, -0.1) is 0 Å². The van der Waals surface area contributed by atoms with Gasteiger partial charge in [0.25, 0.3) is 0 Å². The number of nitrogens with two attached hydrogens (primary N) is 1. The van der Waals surface area contributed by atoms with Gasteiger partial charge in [0.1, 0.15) is 16.5 Å². The van der Waals surface area contributed by atoms with Gasteiger partial charge in [-0.1, -0.05) is 6.92 Å². The lowest BCUT2D eigenvalue weighted by atomic mass is 10.1. The molecule has 0 radical (unpaired) electrons. The molecule has 0 aromatic heterocycles. The predicted molar refractivity (Wildman–Crippen MR) is 69.0 cm³/mol. The SMILES string of the molecule is CC(CN)CCCNS(=O)(=O)c1ccc(F)cc1F. The Bertz CT molecular complexity index is 520. The Balaban J connectivity index is 2.61. The van der Waals surface area contributed by atoms with Crippen molar-refractivity contribution in [3.8, 4) is 0 Å². The van der Waals surface area contributed by atoms with E-state index in [9.17, 15) is 17.2 Å². The van der Waals surface area contributed by atoms with Crippen molar-refractivity contribution in [2.45, 2.75) is 24.7 Å². The predicted octanol–water partition coefficient (Wildman–Crippen LogP) is 1.62. The van der Waals surface area contributed by atoms with Gasteiger partial charge in [-0.25, -0.2) is 21.9 Å². The van der Waals surface area contributed by atoms with E-state index >= 15 is 0 Å². The molecule has 108 valence electrons. The van der Waals surface area contributed by atoms with Crippen molar-refractivity contribution in [3.63, 3.8) is 0 Å². The van der Waals surface area contributed by atoms with Crippen molar-refractivity contribution in [2.75, 3.05) is 13.1 Å². The van der Waals surface area contributed by atoms with E-state index in [0.29, 0.717) is 24.9 Å². The largest absolute Gasteiger partial charge is 0.330 e. The lowest BCUT2D eigenvalue weighted by Crippen LogP contribution is -2.26. The molecule has 0 fully saturated rings. The van der Waals surface area contributed by atoms with Gasteiger partial charge in [0.05, 0.1) is 0 Å². The minimum atomic E-state index is -3.94. The number of hydrogen-bond acceptors (Lipinski definition) is 3. The van der Waals surface area contributed by atoms with Crippen LogP contribution in [0.25, 0.3) is 0 Å². The lowest BCUT2D eigenvalue weighted by Gasteiger charge is -2.10. The summed E-state index contributed by atoms with van der Waals surface area (Å²) in [5.74, 6) is -1.59. The summed E-state index contributed by atoms with van der Waals surface area (Å²) in [4.78, 5) is -0.541. The molecule has 0 saturated carbocycles. The average molecular weight is 292 g/mol. The summed E-state index contributed by atoms with van der Waals surface area (Å²) in [5.41, 5.74) is 5.44. The van der Waals surface area contributed by atoms with E-state index in [0.717, 1.165) is 18.6 Å². The summed E-state index contributed by atoms with van der Waals surface area (Å²) in [6, 6.07) is 2.37. The number of hydrogen-bond donors (Lipinski definition) is 2. The molecule has 0 aliphatic heterocycles. The van der Waals surface area contributed by atoms with Crippen molar-refractivity contribution >= 4 is 10.0 Å². The quantitative estimate of drug-likeness (QED) is 0.750. The van der Waals surface area contributed by atoms with Crippen LogP contribution in [0.1, 0.15) is 19.8 Å². The standard InChI is InChI=1S/C12H18F2N2O2S/c1-9(8-15)3-2-6-16-19(17,18)12-5-4-10(13)7-11(12)14/h4-5,7,9,16H,2-3,6,8,15H2,1H3. The van der Waals surface area contributed by atoms with Crippen LogP contribution < -0.4 is 10.5 Å². The summed E-state index contributed by atoms with van der Waals surface area (Å²) in [5, 5.41) is 0. The molecule has 1 aromatic rings. The van der Waals surface area contributed by atoms with Gasteiger partial charge < -0.3 is 5.73 Å². The molecule has 4 nitrogen and oxygen atoms in total.